The molecule has 2 aromatic carbocycles. The molecule has 2 aromatic rings. The van der Waals surface area contributed by atoms with Crippen LogP contribution >= 0.6 is 0 Å². The molecule has 21 heavy (non-hydrogen) atoms. The molecule has 0 amide bonds. The van der Waals surface area contributed by atoms with Crippen LogP contribution in [-0.2, 0) is 0 Å². The molecule has 2 atom stereocenters. The van der Waals surface area contributed by atoms with Gasteiger partial charge < -0.3 is 5.32 Å². The first-order chi connectivity index (χ1) is 10.2. The standard InChI is InChI=1S/C19H21NO/c1-12-6-7-13-4-2-3-5-17(13)18(12)19(21)14-10-15-8-9-16(11-14)20-15/h2-7,14-16,20H,8-11H2,1H3. The molecule has 0 saturated carbocycles. The van der Waals surface area contributed by atoms with Crippen LogP contribution in [0.4, 0.5) is 0 Å². The Bertz CT molecular complexity index is 694. The normalized spacial score (nSPS) is 28.0. The maximum atomic E-state index is 13.1. The molecule has 2 nitrogen and oxygen atoms in total. The summed E-state index contributed by atoms with van der Waals surface area (Å²) in [5.41, 5.74) is 2.07. The zero-order valence-corrected chi connectivity index (χ0v) is 12.4. The van der Waals surface area contributed by atoms with E-state index < -0.39 is 0 Å². The van der Waals surface area contributed by atoms with Crippen LogP contribution in [0.2, 0.25) is 0 Å². The van der Waals surface area contributed by atoms with Crippen LogP contribution in [0, 0.1) is 12.8 Å². The second kappa shape index (κ2) is 4.96. The topological polar surface area (TPSA) is 29.1 Å². The van der Waals surface area contributed by atoms with Crippen molar-refractivity contribution in [2.24, 2.45) is 5.92 Å². The third-order valence-corrected chi connectivity index (χ3v) is 5.23. The van der Waals surface area contributed by atoms with Gasteiger partial charge in [-0.1, -0.05) is 36.4 Å². The Morgan fingerprint density at radius 1 is 1.05 bits per heavy atom. The molecule has 2 heteroatoms. The quantitative estimate of drug-likeness (QED) is 0.846. The van der Waals surface area contributed by atoms with Crippen molar-refractivity contribution in [3.8, 4) is 0 Å². The van der Waals surface area contributed by atoms with Gasteiger partial charge in [-0.2, -0.15) is 0 Å². The molecule has 4 rings (SSSR count). The molecular weight excluding hydrogens is 258 g/mol. The first kappa shape index (κ1) is 13.0. The van der Waals surface area contributed by atoms with Crippen LogP contribution in [0.3, 0.4) is 0 Å². The number of Topliss-reactive ketones (excluding diaryl/α,β-unsaturated/α-hetero) is 1. The molecule has 108 valence electrons. The SMILES string of the molecule is Cc1ccc2ccccc2c1C(=O)C1CC2CCC(C1)N2. The highest BCUT2D eigenvalue weighted by Gasteiger charge is 2.37. The van der Waals surface area contributed by atoms with Gasteiger partial charge in [-0.15, -0.1) is 0 Å². The van der Waals surface area contributed by atoms with Crippen LogP contribution in [0.25, 0.3) is 10.8 Å². The Balaban J connectivity index is 1.75. The van der Waals surface area contributed by atoms with Gasteiger partial charge in [0.15, 0.2) is 5.78 Å². The monoisotopic (exact) mass is 279 g/mol. The number of hydrogen-bond donors (Lipinski definition) is 1. The van der Waals surface area contributed by atoms with Crippen LogP contribution in [0.5, 0.6) is 0 Å². The molecule has 0 spiro atoms. The highest BCUT2D eigenvalue weighted by molar-refractivity contribution is 6.10. The van der Waals surface area contributed by atoms with Gasteiger partial charge in [0.1, 0.15) is 0 Å². The van der Waals surface area contributed by atoms with Crippen molar-refractivity contribution < 1.29 is 4.79 Å². The number of carbonyl (C=O) groups excluding carboxylic acids is 1. The molecule has 0 aromatic heterocycles. The average molecular weight is 279 g/mol. The Labute approximate surface area is 125 Å². The number of ketones is 1. The maximum Gasteiger partial charge on any atom is 0.166 e. The van der Waals surface area contributed by atoms with Crippen molar-refractivity contribution in [2.45, 2.75) is 44.7 Å². The van der Waals surface area contributed by atoms with Crippen molar-refractivity contribution in [2.75, 3.05) is 0 Å². The summed E-state index contributed by atoms with van der Waals surface area (Å²) < 4.78 is 0. The summed E-state index contributed by atoms with van der Waals surface area (Å²) in [6.07, 6.45) is 4.50. The Morgan fingerprint density at radius 2 is 1.76 bits per heavy atom. The zero-order chi connectivity index (χ0) is 14.4. The number of benzene rings is 2. The van der Waals surface area contributed by atoms with E-state index in [1.54, 1.807) is 0 Å². The van der Waals surface area contributed by atoms with E-state index >= 15 is 0 Å². The molecule has 1 N–H and O–H groups in total. The summed E-state index contributed by atoms with van der Waals surface area (Å²) in [4.78, 5) is 13.1. The lowest BCUT2D eigenvalue weighted by molar-refractivity contribution is 0.0877. The molecule has 2 aliphatic heterocycles. The lowest BCUT2D eigenvalue weighted by Crippen LogP contribution is -2.40. The van der Waals surface area contributed by atoms with Gasteiger partial charge in [-0.25, -0.2) is 0 Å². The van der Waals surface area contributed by atoms with E-state index in [1.165, 1.54) is 18.2 Å². The Kier molecular flexibility index (Phi) is 3.07. The van der Waals surface area contributed by atoms with E-state index in [1.807, 2.05) is 12.1 Å². The van der Waals surface area contributed by atoms with Gasteiger partial charge in [-0.05, 0) is 48.9 Å². The zero-order valence-electron chi connectivity index (χ0n) is 12.4. The molecule has 2 fully saturated rings. The minimum atomic E-state index is 0.202. The van der Waals surface area contributed by atoms with E-state index in [0.29, 0.717) is 17.9 Å². The second-order valence-electron chi connectivity index (χ2n) is 6.65. The highest BCUT2D eigenvalue weighted by atomic mass is 16.1. The molecule has 2 unspecified atom stereocenters. The van der Waals surface area contributed by atoms with Crippen molar-refractivity contribution in [1.82, 2.24) is 5.32 Å². The summed E-state index contributed by atoms with van der Waals surface area (Å²) in [6, 6.07) is 13.6. The third-order valence-electron chi connectivity index (χ3n) is 5.23. The van der Waals surface area contributed by atoms with E-state index in [-0.39, 0.29) is 5.92 Å². The Hall–Kier alpha value is -1.67. The predicted molar refractivity (Wildman–Crippen MR) is 85.7 cm³/mol. The molecule has 0 aliphatic carbocycles. The Morgan fingerprint density at radius 3 is 2.52 bits per heavy atom. The molecule has 2 heterocycles. The largest absolute Gasteiger partial charge is 0.311 e. The van der Waals surface area contributed by atoms with Crippen LogP contribution < -0.4 is 5.32 Å². The summed E-state index contributed by atoms with van der Waals surface area (Å²) >= 11 is 0. The van der Waals surface area contributed by atoms with E-state index in [9.17, 15) is 4.79 Å². The minimum Gasteiger partial charge on any atom is -0.311 e. The maximum absolute atomic E-state index is 13.1. The first-order valence-corrected chi connectivity index (χ1v) is 8.01. The second-order valence-corrected chi connectivity index (χ2v) is 6.65. The number of aryl methyl sites for hydroxylation is 1. The van der Waals surface area contributed by atoms with Crippen LogP contribution in [0.15, 0.2) is 36.4 Å². The fraction of sp³-hybridized carbons (Fsp3) is 0.421. The number of hydrogen-bond acceptors (Lipinski definition) is 2. The van der Waals surface area contributed by atoms with Crippen molar-refractivity contribution in [3.63, 3.8) is 0 Å². The first-order valence-electron chi connectivity index (χ1n) is 8.01. The van der Waals surface area contributed by atoms with E-state index in [0.717, 1.165) is 29.4 Å². The minimum absolute atomic E-state index is 0.202. The van der Waals surface area contributed by atoms with Crippen molar-refractivity contribution >= 4 is 16.6 Å². The van der Waals surface area contributed by atoms with Gasteiger partial charge in [0.25, 0.3) is 0 Å². The number of nitrogens with one attached hydrogen (secondary N) is 1. The number of carbonyl (C=O) groups is 1. The number of rotatable bonds is 2. The predicted octanol–water partition coefficient (Wildman–Crippen LogP) is 3.86. The average Bonchev–Trinajstić information content (AvgIpc) is 2.85. The number of piperidine rings is 1. The summed E-state index contributed by atoms with van der Waals surface area (Å²) in [5.74, 6) is 0.566. The van der Waals surface area contributed by atoms with Crippen molar-refractivity contribution in [3.05, 3.63) is 47.5 Å². The smallest absolute Gasteiger partial charge is 0.166 e. The summed E-state index contributed by atoms with van der Waals surface area (Å²) in [7, 11) is 0. The number of fused-ring (bicyclic) bond motifs is 3. The summed E-state index contributed by atoms with van der Waals surface area (Å²) in [6.45, 7) is 2.06. The molecule has 2 bridgehead atoms. The molecule has 0 radical (unpaired) electrons. The van der Waals surface area contributed by atoms with Gasteiger partial charge >= 0.3 is 0 Å². The van der Waals surface area contributed by atoms with Gasteiger partial charge in [-0.3, -0.25) is 4.79 Å². The fourth-order valence-electron chi connectivity index (χ4n) is 4.18. The lowest BCUT2D eigenvalue weighted by atomic mass is 9.83. The third kappa shape index (κ3) is 2.18. The van der Waals surface area contributed by atoms with E-state index in [4.69, 9.17) is 0 Å². The van der Waals surface area contributed by atoms with Gasteiger partial charge in [0, 0.05) is 23.6 Å². The highest BCUT2D eigenvalue weighted by Crippen LogP contribution is 2.35. The van der Waals surface area contributed by atoms with Crippen LogP contribution in [0.1, 0.15) is 41.6 Å². The van der Waals surface area contributed by atoms with Crippen molar-refractivity contribution in [1.29, 1.82) is 0 Å². The molecular formula is C19H21NO. The van der Waals surface area contributed by atoms with E-state index in [2.05, 4.69) is 36.5 Å². The lowest BCUT2D eigenvalue weighted by Gasteiger charge is -2.28. The molecule has 2 saturated heterocycles. The molecule has 2 aliphatic rings. The van der Waals surface area contributed by atoms with Crippen LogP contribution in [-0.4, -0.2) is 17.9 Å². The van der Waals surface area contributed by atoms with Gasteiger partial charge in [0.2, 0.25) is 0 Å². The summed E-state index contributed by atoms with van der Waals surface area (Å²) in [5, 5.41) is 5.91. The fourth-order valence-corrected chi connectivity index (χ4v) is 4.18. The van der Waals surface area contributed by atoms with Gasteiger partial charge in [0.05, 0.1) is 0 Å².